The molecule has 0 atom stereocenters. The zero-order valence-electron chi connectivity index (χ0n) is 12.0. The summed E-state index contributed by atoms with van der Waals surface area (Å²) in [5.41, 5.74) is 0.729. The summed E-state index contributed by atoms with van der Waals surface area (Å²) < 4.78 is 5.12. The predicted molar refractivity (Wildman–Crippen MR) is 83.9 cm³/mol. The summed E-state index contributed by atoms with van der Waals surface area (Å²) in [6.45, 7) is -0.594. The van der Waals surface area contributed by atoms with Gasteiger partial charge in [-0.05, 0) is 12.1 Å². The number of aliphatic carboxylic acids is 1. The van der Waals surface area contributed by atoms with Crippen LogP contribution < -0.4 is 5.32 Å². The highest BCUT2D eigenvalue weighted by Gasteiger charge is 2.22. The van der Waals surface area contributed by atoms with Crippen molar-refractivity contribution in [3.63, 3.8) is 0 Å². The van der Waals surface area contributed by atoms with Gasteiger partial charge in [0.05, 0.1) is 11.6 Å². The Hall–Kier alpha value is -3.13. The Kier molecular flexibility index (Phi) is 4.05. The van der Waals surface area contributed by atoms with Gasteiger partial charge >= 0.3 is 5.97 Å². The molecule has 0 saturated heterocycles. The number of pyridine rings is 1. The zero-order chi connectivity index (χ0) is 17.3. The number of aromatic hydroxyl groups is 1. The summed E-state index contributed by atoms with van der Waals surface area (Å²) in [6, 6.07) is 6.73. The third-order valence-electron chi connectivity index (χ3n) is 3.20. The second-order valence-corrected chi connectivity index (χ2v) is 5.25. The van der Waals surface area contributed by atoms with Crippen LogP contribution in [0.1, 0.15) is 10.5 Å². The van der Waals surface area contributed by atoms with Crippen molar-refractivity contribution in [3.8, 4) is 17.0 Å². The van der Waals surface area contributed by atoms with Gasteiger partial charge in [0.25, 0.3) is 5.91 Å². The molecule has 2 aromatic heterocycles. The van der Waals surface area contributed by atoms with Gasteiger partial charge in [-0.3, -0.25) is 9.59 Å². The number of fused-ring (bicyclic) bond motifs is 1. The zero-order valence-corrected chi connectivity index (χ0v) is 12.7. The summed E-state index contributed by atoms with van der Waals surface area (Å²) in [5.74, 6) is -2.49. The van der Waals surface area contributed by atoms with Crippen LogP contribution >= 0.6 is 11.6 Å². The lowest BCUT2D eigenvalue weighted by molar-refractivity contribution is -0.135. The number of carboxylic acids is 1. The van der Waals surface area contributed by atoms with Gasteiger partial charge in [-0.15, -0.1) is 0 Å². The maximum absolute atomic E-state index is 12.0. The molecule has 3 aromatic rings. The van der Waals surface area contributed by atoms with Gasteiger partial charge < -0.3 is 20.1 Å². The number of nitrogens with one attached hydrogen (secondary N) is 1. The number of halogens is 1. The van der Waals surface area contributed by atoms with E-state index in [4.69, 9.17) is 21.2 Å². The minimum absolute atomic E-state index is 0.178. The first-order chi connectivity index (χ1) is 11.5. The van der Waals surface area contributed by atoms with Crippen molar-refractivity contribution >= 4 is 34.4 Å². The van der Waals surface area contributed by atoms with Gasteiger partial charge in [0.1, 0.15) is 12.2 Å². The van der Waals surface area contributed by atoms with Crippen molar-refractivity contribution in [3.05, 3.63) is 41.2 Å². The minimum atomic E-state index is -1.21. The normalized spacial score (nSPS) is 10.7. The number of hydrogen-bond donors (Lipinski definition) is 3. The van der Waals surface area contributed by atoms with Crippen LogP contribution in [0.15, 0.2) is 35.0 Å². The van der Waals surface area contributed by atoms with Crippen molar-refractivity contribution in [2.75, 3.05) is 6.54 Å². The van der Waals surface area contributed by atoms with Gasteiger partial charge in [-0.2, -0.15) is 0 Å². The molecule has 122 valence electrons. The highest BCUT2D eigenvalue weighted by atomic mass is 35.5. The Morgan fingerprint density at radius 3 is 2.83 bits per heavy atom. The Morgan fingerprint density at radius 2 is 2.12 bits per heavy atom. The van der Waals surface area contributed by atoms with Crippen LogP contribution in [0.3, 0.4) is 0 Å². The molecule has 2 heterocycles. The molecule has 0 fully saturated rings. The first kappa shape index (κ1) is 15.8. The number of carbonyl (C=O) groups excluding carboxylic acids is 1. The summed E-state index contributed by atoms with van der Waals surface area (Å²) in [7, 11) is 0. The van der Waals surface area contributed by atoms with E-state index < -0.39 is 24.2 Å². The molecule has 0 unspecified atom stereocenters. The van der Waals surface area contributed by atoms with Crippen molar-refractivity contribution < 1.29 is 24.3 Å². The van der Waals surface area contributed by atoms with E-state index in [1.807, 2.05) is 0 Å². The number of rotatable bonds is 4. The topological polar surface area (TPSA) is 126 Å². The lowest BCUT2D eigenvalue weighted by Crippen LogP contribution is -2.29. The van der Waals surface area contributed by atoms with Gasteiger partial charge in [-0.25, -0.2) is 4.98 Å². The van der Waals surface area contributed by atoms with Crippen LogP contribution in [0.2, 0.25) is 5.02 Å². The Morgan fingerprint density at radius 1 is 1.33 bits per heavy atom. The quantitative estimate of drug-likeness (QED) is 0.659. The van der Waals surface area contributed by atoms with E-state index in [1.54, 1.807) is 24.3 Å². The first-order valence-corrected chi connectivity index (χ1v) is 7.08. The lowest BCUT2D eigenvalue weighted by atomic mass is 10.1. The van der Waals surface area contributed by atoms with E-state index in [2.05, 4.69) is 15.5 Å². The van der Waals surface area contributed by atoms with Crippen LogP contribution in [-0.4, -0.2) is 38.8 Å². The maximum atomic E-state index is 12.0. The minimum Gasteiger partial charge on any atom is -0.505 e. The largest absolute Gasteiger partial charge is 0.505 e. The van der Waals surface area contributed by atoms with Crippen molar-refractivity contribution in [2.45, 2.75) is 0 Å². The second-order valence-electron chi connectivity index (χ2n) is 4.81. The van der Waals surface area contributed by atoms with Crippen molar-refractivity contribution in [2.24, 2.45) is 0 Å². The summed E-state index contributed by atoms with van der Waals surface area (Å²) in [6.07, 6.45) is 1.23. The van der Waals surface area contributed by atoms with Crippen LogP contribution in [-0.2, 0) is 4.79 Å². The van der Waals surface area contributed by atoms with E-state index in [-0.39, 0.29) is 16.7 Å². The van der Waals surface area contributed by atoms with Gasteiger partial charge in [-0.1, -0.05) is 28.9 Å². The lowest BCUT2D eigenvalue weighted by Gasteiger charge is -2.05. The molecule has 0 aliphatic rings. The van der Waals surface area contributed by atoms with Gasteiger partial charge in [0.2, 0.25) is 0 Å². The molecule has 0 saturated carbocycles. The van der Waals surface area contributed by atoms with E-state index in [9.17, 15) is 14.7 Å². The third-order valence-corrected chi connectivity index (χ3v) is 3.44. The molecule has 1 aromatic carbocycles. The highest BCUT2D eigenvalue weighted by molar-refractivity contribution is 6.30. The smallest absolute Gasteiger partial charge is 0.322 e. The summed E-state index contributed by atoms with van der Waals surface area (Å²) >= 11 is 5.95. The fourth-order valence-corrected chi connectivity index (χ4v) is 2.35. The molecule has 0 aliphatic carbocycles. The molecule has 8 nitrogen and oxygen atoms in total. The molecule has 3 N–H and O–H groups in total. The number of aromatic nitrogens is 2. The predicted octanol–water partition coefficient (Wildman–Crippen LogP) is 2.06. The monoisotopic (exact) mass is 347 g/mol. The van der Waals surface area contributed by atoms with Crippen LogP contribution in [0, 0.1) is 0 Å². The van der Waals surface area contributed by atoms with Gasteiger partial charge in [0.15, 0.2) is 17.0 Å². The SMILES string of the molecule is O=C(O)CNC(=O)c1ncc2onc(-c3cccc(Cl)c3)c2c1O. The molecule has 3 rings (SSSR count). The Balaban J connectivity index is 2.09. The third kappa shape index (κ3) is 2.86. The van der Waals surface area contributed by atoms with E-state index in [0.717, 1.165) is 0 Å². The van der Waals surface area contributed by atoms with E-state index >= 15 is 0 Å². The molecule has 9 heteroatoms. The van der Waals surface area contributed by atoms with Crippen molar-refractivity contribution in [1.29, 1.82) is 0 Å². The van der Waals surface area contributed by atoms with Crippen LogP contribution in [0.5, 0.6) is 5.75 Å². The molecule has 0 radical (unpaired) electrons. The maximum Gasteiger partial charge on any atom is 0.322 e. The number of carboxylic acid groups (broad SMARTS) is 1. The van der Waals surface area contributed by atoms with Crippen LogP contribution in [0.25, 0.3) is 22.2 Å². The van der Waals surface area contributed by atoms with Crippen molar-refractivity contribution in [1.82, 2.24) is 15.5 Å². The molecule has 24 heavy (non-hydrogen) atoms. The van der Waals surface area contributed by atoms with Gasteiger partial charge in [0, 0.05) is 10.6 Å². The fourth-order valence-electron chi connectivity index (χ4n) is 2.16. The highest BCUT2D eigenvalue weighted by Crippen LogP contribution is 2.36. The molecule has 1 amide bonds. The number of nitrogens with zero attached hydrogens (tertiary/aromatic N) is 2. The average Bonchev–Trinajstić information content (AvgIpc) is 2.98. The fraction of sp³-hybridized carbons (Fsp3) is 0.0667. The molecule has 0 spiro atoms. The average molecular weight is 348 g/mol. The molecule has 0 aliphatic heterocycles. The molecular weight excluding hydrogens is 338 g/mol. The molecular formula is C15H10ClN3O5. The number of benzene rings is 1. The van der Waals surface area contributed by atoms with Crippen LogP contribution in [0.4, 0.5) is 0 Å². The Bertz CT molecular complexity index is 953. The first-order valence-electron chi connectivity index (χ1n) is 6.70. The molecule has 0 bridgehead atoms. The number of hydrogen-bond acceptors (Lipinski definition) is 6. The van der Waals surface area contributed by atoms with E-state index in [1.165, 1.54) is 6.20 Å². The summed E-state index contributed by atoms with van der Waals surface area (Å²) in [5, 5.41) is 25.7. The second kappa shape index (κ2) is 6.17. The van der Waals surface area contributed by atoms with E-state index in [0.29, 0.717) is 16.3 Å². The number of amides is 1. The standard InChI is InChI=1S/C15H10ClN3O5/c16-8-3-1-2-7(4-8)12-11-9(24-19-12)5-17-13(14(11)22)15(23)18-6-10(20)21/h1-5,22H,6H2,(H,18,23)(H,20,21). The number of carbonyl (C=O) groups is 2. The summed E-state index contributed by atoms with van der Waals surface area (Å²) in [4.78, 5) is 26.3. The Labute approximate surface area is 139 Å².